The van der Waals surface area contributed by atoms with Gasteiger partial charge in [-0.1, -0.05) is 30.3 Å². The normalized spacial score (nSPS) is 18.8. The SMILES string of the molecule is N[C@@H](CC(=O)O)C(=O)N1CCCC[C@H]1C(=O)N[C@H](Cc1ccccc1)C(=O)O. The van der Waals surface area contributed by atoms with Crippen LogP contribution in [0.3, 0.4) is 0 Å². The van der Waals surface area contributed by atoms with E-state index in [1.165, 1.54) is 4.90 Å². The van der Waals surface area contributed by atoms with Crippen molar-refractivity contribution in [3.05, 3.63) is 35.9 Å². The van der Waals surface area contributed by atoms with Crippen LogP contribution in [0.15, 0.2) is 30.3 Å². The largest absolute Gasteiger partial charge is 0.481 e. The Balaban J connectivity index is 2.08. The van der Waals surface area contributed by atoms with Gasteiger partial charge in [-0.05, 0) is 24.8 Å². The molecule has 1 saturated heterocycles. The first-order valence-corrected chi connectivity index (χ1v) is 9.14. The van der Waals surface area contributed by atoms with Gasteiger partial charge in [-0.15, -0.1) is 0 Å². The molecule has 1 fully saturated rings. The molecule has 152 valence electrons. The maximum Gasteiger partial charge on any atom is 0.326 e. The second kappa shape index (κ2) is 9.84. The number of aliphatic carboxylic acids is 2. The standard InChI is InChI=1S/C19H25N3O6/c20-13(11-16(23)24)18(26)22-9-5-4-8-15(22)17(25)21-14(19(27)28)10-12-6-2-1-3-7-12/h1-3,6-7,13-15H,4-5,8-11,20H2,(H,21,25)(H,23,24)(H,27,28)/t13-,14+,15-/m0/s1. The van der Waals surface area contributed by atoms with Gasteiger partial charge in [0.25, 0.3) is 0 Å². The van der Waals surface area contributed by atoms with Gasteiger partial charge in [0.05, 0.1) is 12.5 Å². The lowest BCUT2D eigenvalue weighted by Crippen LogP contribution is -2.58. The van der Waals surface area contributed by atoms with Crippen LogP contribution in [0, 0.1) is 0 Å². The van der Waals surface area contributed by atoms with Crippen molar-refractivity contribution in [2.45, 2.75) is 50.2 Å². The molecule has 0 aliphatic carbocycles. The van der Waals surface area contributed by atoms with Crippen LogP contribution in [0.2, 0.25) is 0 Å². The highest BCUT2D eigenvalue weighted by atomic mass is 16.4. The summed E-state index contributed by atoms with van der Waals surface area (Å²) >= 11 is 0. The molecular formula is C19H25N3O6. The van der Waals surface area contributed by atoms with Crippen molar-refractivity contribution in [3.63, 3.8) is 0 Å². The molecule has 1 aliphatic rings. The number of nitrogens with one attached hydrogen (secondary N) is 1. The third-order valence-corrected chi connectivity index (χ3v) is 4.70. The first-order valence-electron chi connectivity index (χ1n) is 9.14. The third kappa shape index (κ3) is 5.78. The lowest BCUT2D eigenvalue weighted by molar-refractivity contribution is -0.148. The van der Waals surface area contributed by atoms with Crippen molar-refractivity contribution in [1.82, 2.24) is 10.2 Å². The van der Waals surface area contributed by atoms with E-state index in [4.69, 9.17) is 10.8 Å². The van der Waals surface area contributed by atoms with Crippen molar-refractivity contribution in [1.29, 1.82) is 0 Å². The number of benzene rings is 1. The fourth-order valence-electron chi connectivity index (χ4n) is 3.27. The van der Waals surface area contributed by atoms with Crippen LogP contribution in [0.5, 0.6) is 0 Å². The quantitative estimate of drug-likeness (QED) is 0.486. The maximum absolute atomic E-state index is 12.7. The molecule has 3 atom stereocenters. The highest BCUT2D eigenvalue weighted by Gasteiger charge is 2.36. The summed E-state index contributed by atoms with van der Waals surface area (Å²) in [4.78, 5) is 48.9. The zero-order chi connectivity index (χ0) is 20.7. The van der Waals surface area contributed by atoms with Crippen molar-refractivity contribution in [3.8, 4) is 0 Å². The van der Waals surface area contributed by atoms with Crippen LogP contribution in [-0.4, -0.2) is 63.5 Å². The number of hydrogen-bond donors (Lipinski definition) is 4. The van der Waals surface area contributed by atoms with Crippen molar-refractivity contribution in [2.24, 2.45) is 5.73 Å². The first-order chi connectivity index (χ1) is 13.3. The van der Waals surface area contributed by atoms with Crippen LogP contribution in [0.1, 0.15) is 31.2 Å². The number of carbonyl (C=O) groups excluding carboxylic acids is 2. The highest BCUT2D eigenvalue weighted by molar-refractivity contribution is 5.93. The number of hydrogen-bond acceptors (Lipinski definition) is 5. The summed E-state index contributed by atoms with van der Waals surface area (Å²) < 4.78 is 0. The van der Waals surface area contributed by atoms with Gasteiger partial charge in [0.1, 0.15) is 12.1 Å². The highest BCUT2D eigenvalue weighted by Crippen LogP contribution is 2.19. The van der Waals surface area contributed by atoms with E-state index in [0.717, 1.165) is 5.56 Å². The second-order valence-corrected chi connectivity index (χ2v) is 6.84. The lowest BCUT2D eigenvalue weighted by Gasteiger charge is -2.36. The maximum atomic E-state index is 12.7. The minimum absolute atomic E-state index is 0.112. The summed E-state index contributed by atoms with van der Waals surface area (Å²) in [5.74, 6) is -3.56. The molecule has 9 nitrogen and oxygen atoms in total. The Morgan fingerprint density at radius 3 is 2.43 bits per heavy atom. The number of carbonyl (C=O) groups is 4. The van der Waals surface area contributed by atoms with Crippen LogP contribution >= 0.6 is 0 Å². The van der Waals surface area contributed by atoms with Crippen LogP contribution in [0.4, 0.5) is 0 Å². The molecule has 0 aromatic heterocycles. The molecule has 1 aliphatic heterocycles. The number of likely N-dealkylation sites (tertiary alicyclic amines) is 1. The van der Waals surface area contributed by atoms with Gasteiger partial charge in [0, 0.05) is 13.0 Å². The topological polar surface area (TPSA) is 150 Å². The zero-order valence-electron chi connectivity index (χ0n) is 15.4. The molecule has 2 amide bonds. The minimum atomic E-state index is -1.24. The summed E-state index contributed by atoms with van der Waals surface area (Å²) in [6, 6.07) is 5.66. The molecule has 0 saturated carbocycles. The van der Waals surface area contributed by atoms with Crippen molar-refractivity contribution >= 4 is 23.8 Å². The smallest absolute Gasteiger partial charge is 0.326 e. The van der Waals surface area contributed by atoms with E-state index in [2.05, 4.69) is 5.32 Å². The van der Waals surface area contributed by atoms with E-state index in [9.17, 15) is 24.3 Å². The molecular weight excluding hydrogens is 366 g/mol. The number of piperidine rings is 1. The predicted molar refractivity (Wildman–Crippen MR) is 99.3 cm³/mol. The molecule has 1 heterocycles. The summed E-state index contributed by atoms with van der Waals surface area (Å²) in [6.45, 7) is 0.278. The molecule has 1 aromatic rings. The second-order valence-electron chi connectivity index (χ2n) is 6.84. The van der Waals surface area contributed by atoms with Gasteiger partial charge in [-0.2, -0.15) is 0 Å². The Morgan fingerprint density at radius 2 is 1.82 bits per heavy atom. The fraction of sp³-hybridized carbons (Fsp3) is 0.474. The molecule has 9 heteroatoms. The van der Waals surface area contributed by atoms with E-state index in [-0.39, 0.29) is 13.0 Å². The van der Waals surface area contributed by atoms with E-state index in [0.29, 0.717) is 19.3 Å². The lowest BCUT2D eigenvalue weighted by atomic mass is 9.98. The number of nitrogens with two attached hydrogens (primary N) is 1. The Labute approximate surface area is 162 Å². The average Bonchev–Trinajstić information content (AvgIpc) is 2.67. The van der Waals surface area contributed by atoms with Crippen molar-refractivity contribution < 1.29 is 29.4 Å². The number of amides is 2. The van der Waals surface area contributed by atoms with Gasteiger partial charge < -0.3 is 26.2 Å². The van der Waals surface area contributed by atoms with Gasteiger partial charge in [-0.25, -0.2) is 4.79 Å². The predicted octanol–water partition coefficient (Wildman–Crippen LogP) is -0.0184. The minimum Gasteiger partial charge on any atom is -0.481 e. The summed E-state index contributed by atoms with van der Waals surface area (Å²) in [7, 11) is 0. The summed E-state index contributed by atoms with van der Waals surface area (Å²) in [5, 5.41) is 20.8. The van der Waals surface area contributed by atoms with Crippen LogP contribution in [0.25, 0.3) is 0 Å². The van der Waals surface area contributed by atoms with Crippen LogP contribution < -0.4 is 11.1 Å². The van der Waals surface area contributed by atoms with E-state index >= 15 is 0 Å². The van der Waals surface area contributed by atoms with E-state index in [1.54, 1.807) is 24.3 Å². The Morgan fingerprint density at radius 1 is 1.14 bits per heavy atom. The molecule has 0 bridgehead atoms. The monoisotopic (exact) mass is 391 g/mol. The number of carboxylic acids is 2. The number of rotatable bonds is 8. The number of carboxylic acid groups (broad SMARTS) is 2. The van der Waals surface area contributed by atoms with E-state index < -0.39 is 48.3 Å². The van der Waals surface area contributed by atoms with Crippen molar-refractivity contribution in [2.75, 3.05) is 6.54 Å². The molecule has 0 radical (unpaired) electrons. The summed E-state index contributed by atoms with van der Waals surface area (Å²) in [6.07, 6.45) is 1.32. The number of nitrogens with zero attached hydrogens (tertiary/aromatic N) is 1. The van der Waals surface area contributed by atoms with Gasteiger partial charge >= 0.3 is 11.9 Å². The van der Waals surface area contributed by atoms with E-state index in [1.807, 2.05) is 6.07 Å². The fourth-order valence-corrected chi connectivity index (χ4v) is 3.27. The zero-order valence-corrected chi connectivity index (χ0v) is 15.4. The van der Waals surface area contributed by atoms with Gasteiger partial charge in [-0.3, -0.25) is 14.4 Å². The molecule has 2 rings (SSSR count). The Hall–Kier alpha value is -2.94. The molecule has 28 heavy (non-hydrogen) atoms. The molecule has 1 aromatic carbocycles. The Bertz CT molecular complexity index is 724. The van der Waals surface area contributed by atoms with Crippen LogP contribution in [-0.2, 0) is 25.6 Å². The molecule has 0 unspecified atom stereocenters. The molecule has 0 spiro atoms. The third-order valence-electron chi connectivity index (χ3n) is 4.70. The van der Waals surface area contributed by atoms with Gasteiger partial charge in [0.2, 0.25) is 11.8 Å². The van der Waals surface area contributed by atoms with Gasteiger partial charge in [0.15, 0.2) is 0 Å². The summed E-state index contributed by atoms with van der Waals surface area (Å²) in [5.41, 5.74) is 6.42. The average molecular weight is 391 g/mol. The molecule has 5 N–H and O–H groups in total. The first kappa shape index (κ1) is 21.4. The Kier molecular flexibility index (Phi) is 7.51.